The molecular weight excluding hydrogens is 569 g/mol. The molecule has 0 aliphatic carbocycles. The van der Waals surface area contributed by atoms with E-state index in [0.29, 0.717) is 35.0 Å². The van der Waals surface area contributed by atoms with Gasteiger partial charge < -0.3 is 19.4 Å². The van der Waals surface area contributed by atoms with Crippen molar-refractivity contribution in [2.75, 3.05) is 0 Å². The van der Waals surface area contributed by atoms with E-state index in [4.69, 9.17) is 9.15 Å². The predicted octanol–water partition coefficient (Wildman–Crippen LogP) is 7.21. The number of benzene rings is 2. The maximum Gasteiger partial charge on any atom is 0.333 e. The molecule has 9 heteroatoms. The predicted molar refractivity (Wildman–Crippen MR) is 170 cm³/mol. The number of furan rings is 1. The summed E-state index contributed by atoms with van der Waals surface area (Å²) in [6.45, 7) is 11.5. The highest BCUT2D eigenvalue weighted by molar-refractivity contribution is 8.14. The number of thioether (sulfide) groups is 1. The van der Waals surface area contributed by atoms with E-state index in [9.17, 15) is 14.4 Å². The van der Waals surface area contributed by atoms with Crippen LogP contribution in [0.1, 0.15) is 70.9 Å². The third-order valence-electron chi connectivity index (χ3n) is 7.01. The lowest BCUT2D eigenvalue weighted by molar-refractivity contribution is -0.159. The SMILES string of the molecule is CCC(C)(C)C(=O)NC(C(=O)OC(C)(C)C)c1ccc(-c2ccc(/C=C3\SC(S)N(Cc4ccccc4)C3=O)o2)cc1. The molecule has 2 aromatic carbocycles. The fourth-order valence-electron chi connectivity index (χ4n) is 4.18. The van der Waals surface area contributed by atoms with Crippen molar-refractivity contribution in [2.24, 2.45) is 5.41 Å². The molecule has 222 valence electrons. The van der Waals surface area contributed by atoms with E-state index in [0.717, 1.165) is 11.1 Å². The monoisotopic (exact) mass is 606 g/mol. The molecule has 2 unspecified atom stereocenters. The van der Waals surface area contributed by atoms with Crippen molar-refractivity contribution >= 4 is 48.3 Å². The fraction of sp³-hybridized carbons (Fsp3) is 0.364. The Kier molecular flexibility index (Phi) is 9.63. The van der Waals surface area contributed by atoms with E-state index in [1.54, 1.807) is 43.9 Å². The molecule has 1 N–H and O–H groups in total. The molecule has 1 aliphatic rings. The van der Waals surface area contributed by atoms with Crippen molar-refractivity contribution in [1.82, 2.24) is 10.2 Å². The molecule has 3 aromatic rings. The zero-order chi connectivity index (χ0) is 30.7. The van der Waals surface area contributed by atoms with Gasteiger partial charge in [-0.15, -0.1) is 12.6 Å². The Labute approximate surface area is 257 Å². The third kappa shape index (κ3) is 7.69. The summed E-state index contributed by atoms with van der Waals surface area (Å²) in [5.41, 5.74) is 1.09. The number of hydrogen-bond acceptors (Lipinski definition) is 7. The molecule has 1 saturated heterocycles. The molecule has 7 nitrogen and oxygen atoms in total. The standard InChI is InChI=1S/C33H38N2O5S2/c1-7-33(5,6)30(38)34-27(29(37)40-32(2,3)4)23-15-13-22(14-16-23)25-18-17-24(39-25)19-26-28(36)35(31(41)42-26)20-21-11-9-8-10-12-21/h8-19,27,31,41H,7,20H2,1-6H3,(H,34,38)/b26-19-. The molecule has 0 saturated carbocycles. The Hall–Kier alpha value is -3.43. The van der Waals surface area contributed by atoms with Gasteiger partial charge in [-0.25, -0.2) is 4.79 Å². The van der Waals surface area contributed by atoms with E-state index in [1.807, 2.05) is 75.4 Å². The topological polar surface area (TPSA) is 88.9 Å². The third-order valence-corrected chi connectivity index (χ3v) is 8.62. The first-order valence-electron chi connectivity index (χ1n) is 13.9. The van der Waals surface area contributed by atoms with Gasteiger partial charge in [-0.3, -0.25) is 9.59 Å². The quantitative estimate of drug-likeness (QED) is 0.152. The highest BCUT2D eigenvalue weighted by atomic mass is 32.2. The van der Waals surface area contributed by atoms with E-state index in [1.165, 1.54) is 11.8 Å². The summed E-state index contributed by atoms with van der Waals surface area (Å²) in [7, 11) is 0. The number of carbonyl (C=O) groups is 3. The second-order valence-corrected chi connectivity index (χ2v) is 13.8. The summed E-state index contributed by atoms with van der Waals surface area (Å²) >= 11 is 5.99. The zero-order valence-corrected chi connectivity index (χ0v) is 26.6. The average molecular weight is 607 g/mol. The highest BCUT2D eigenvalue weighted by Gasteiger charge is 2.35. The van der Waals surface area contributed by atoms with E-state index in [2.05, 4.69) is 17.9 Å². The first-order chi connectivity index (χ1) is 19.8. The molecule has 0 bridgehead atoms. The van der Waals surface area contributed by atoms with E-state index in [-0.39, 0.29) is 16.5 Å². The normalized spacial score (nSPS) is 17.4. The highest BCUT2D eigenvalue weighted by Crippen LogP contribution is 2.39. The second kappa shape index (κ2) is 12.8. The Morgan fingerprint density at radius 2 is 1.71 bits per heavy atom. The van der Waals surface area contributed by atoms with E-state index < -0.39 is 23.0 Å². The molecule has 2 atom stereocenters. The van der Waals surface area contributed by atoms with Crippen LogP contribution in [0, 0.1) is 5.41 Å². The Bertz CT molecular complexity index is 1460. The van der Waals surface area contributed by atoms with Crippen molar-refractivity contribution in [3.63, 3.8) is 0 Å². The van der Waals surface area contributed by atoms with Gasteiger partial charge in [0, 0.05) is 23.6 Å². The Morgan fingerprint density at radius 1 is 1.05 bits per heavy atom. The van der Waals surface area contributed by atoms with Gasteiger partial charge in [0.05, 0.1) is 4.91 Å². The summed E-state index contributed by atoms with van der Waals surface area (Å²) in [6.07, 6.45) is 2.36. The van der Waals surface area contributed by atoms with Crippen molar-refractivity contribution < 1.29 is 23.5 Å². The molecular formula is C33H38N2O5S2. The van der Waals surface area contributed by atoms with Gasteiger partial charge in [-0.05, 0) is 50.5 Å². The van der Waals surface area contributed by atoms with E-state index >= 15 is 0 Å². The molecule has 2 amide bonds. The molecule has 2 heterocycles. The smallest absolute Gasteiger partial charge is 0.333 e. The van der Waals surface area contributed by atoms with Crippen LogP contribution in [-0.2, 0) is 25.7 Å². The van der Waals surface area contributed by atoms with Crippen molar-refractivity contribution in [3.8, 4) is 11.3 Å². The number of esters is 1. The molecule has 1 aliphatic heterocycles. The van der Waals surface area contributed by atoms with Crippen molar-refractivity contribution in [3.05, 3.63) is 88.5 Å². The minimum absolute atomic E-state index is 0.0901. The summed E-state index contributed by atoms with van der Waals surface area (Å²) < 4.78 is 11.4. The first-order valence-corrected chi connectivity index (χ1v) is 15.3. The second-order valence-electron chi connectivity index (χ2n) is 11.9. The molecule has 1 fully saturated rings. The summed E-state index contributed by atoms with van der Waals surface area (Å²) in [4.78, 5) is 41.4. The van der Waals surface area contributed by atoms with Gasteiger partial charge in [0.1, 0.15) is 21.8 Å². The molecule has 0 radical (unpaired) electrons. The van der Waals surface area contributed by atoms with Gasteiger partial charge in [0.2, 0.25) is 5.91 Å². The zero-order valence-electron chi connectivity index (χ0n) is 24.8. The summed E-state index contributed by atoms with van der Waals surface area (Å²) in [6, 6.07) is 19.8. The van der Waals surface area contributed by atoms with Gasteiger partial charge in [0.15, 0.2) is 6.04 Å². The Morgan fingerprint density at radius 3 is 2.33 bits per heavy atom. The number of carbonyl (C=O) groups excluding carboxylic acids is 3. The minimum Gasteiger partial charge on any atom is -0.458 e. The lowest BCUT2D eigenvalue weighted by Gasteiger charge is -2.28. The molecule has 0 spiro atoms. The van der Waals surface area contributed by atoms with Crippen LogP contribution in [0.5, 0.6) is 0 Å². The lowest BCUT2D eigenvalue weighted by atomic mass is 9.88. The fourth-order valence-corrected chi connectivity index (χ4v) is 5.63. The number of hydrogen-bond donors (Lipinski definition) is 2. The largest absolute Gasteiger partial charge is 0.458 e. The van der Waals surface area contributed by atoms with Crippen LogP contribution in [0.3, 0.4) is 0 Å². The summed E-state index contributed by atoms with van der Waals surface area (Å²) in [5.74, 6) is 0.321. The Balaban J connectivity index is 1.51. The van der Waals surface area contributed by atoms with Gasteiger partial charge in [-0.2, -0.15) is 0 Å². The maximum absolute atomic E-state index is 13.1. The summed E-state index contributed by atoms with van der Waals surface area (Å²) in [5, 5.41) is 2.89. The number of amides is 2. The van der Waals surface area contributed by atoms with Crippen molar-refractivity contribution in [2.45, 2.75) is 70.9 Å². The molecule has 42 heavy (non-hydrogen) atoms. The van der Waals surface area contributed by atoms with Gasteiger partial charge in [-0.1, -0.05) is 87.1 Å². The van der Waals surface area contributed by atoms with Crippen LogP contribution >= 0.6 is 24.4 Å². The first kappa shape index (κ1) is 31.5. The van der Waals surface area contributed by atoms with Gasteiger partial charge >= 0.3 is 5.97 Å². The van der Waals surface area contributed by atoms with Crippen molar-refractivity contribution in [1.29, 1.82) is 0 Å². The van der Waals surface area contributed by atoms with Crippen LogP contribution in [0.15, 0.2) is 76.1 Å². The lowest BCUT2D eigenvalue weighted by Crippen LogP contribution is -2.43. The number of ether oxygens (including phenoxy) is 1. The molecule has 1 aromatic heterocycles. The van der Waals surface area contributed by atoms with Crippen LogP contribution in [0.2, 0.25) is 0 Å². The minimum atomic E-state index is -0.952. The maximum atomic E-state index is 13.1. The number of rotatable bonds is 9. The number of thiol groups is 1. The number of nitrogens with one attached hydrogen (secondary N) is 1. The van der Waals surface area contributed by atoms with Crippen LogP contribution in [-0.4, -0.2) is 33.0 Å². The average Bonchev–Trinajstić information content (AvgIpc) is 3.51. The molecule has 4 rings (SSSR count). The number of nitrogens with zero attached hydrogens (tertiary/aromatic N) is 1. The van der Waals surface area contributed by atoms with Crippen LogP contribution in [0.25, 0.3) is 17.4 Å². The van der Waals surface area contributed by atoms with Crippen LogP contribution in [0.4, 0.5) is 0 Å². The van der Waals surface area contributed by atoms with Crippen LogP contribution < -0.4 is 5.32 Å². The van der Waals surface area contributed by atoms with Gasteiger partial charge in [0.25, 0.3) is 5.91 Å².